The number of nitrogens with zero attached hydrogens (tertiary/aromatic N) is 3. The zero-order valence-corrected chi connectivity index (χ0v) is 23.5. The number of aliphatic imine (C=N–C) groups is 2. The van der Waals surface area contributed by atoms with Crippen LogP contribution in [0.1, 0.15) is 89.0 Å². The van der Waals surface area contributed by atoms with Crippen LogP contribution >= 0.6 is 11.6 Å². The van der Waals surface area contributed by atoms with Crippen molar-refractivity contribution in [2.24, 2.45) is 21.3 Å². The molecule has 1 aliphatic carbocycles. The lowest BCUT2D eigenvalue weighted by Crippen LogP contribution is -2.49. The lowest BCUT2D eigenvalue weighted by molar-refractivity contribution is -0.130. The molecular formula is C31H40ClN3O. The summed E-state index contributed by atoms with van der Waals surface area (Å²) in [5, 5.41) is 0.708. The maximum atomic E-state index is 13.9. The second kappa shape index (κ2) is 10.5. The van der Waals surface area contributed by atoms with Crippen molar-refractivity contribution < 1.29 is 4.79 Å². The highest BCUT2D eigenvalue weighted by atomic mass is 35.5. The highest BCUT2D eigenvalue weighted by Gasteiger charge is 2.50. The third-order valence-corrected chi connectivity index (χ3v) is 8.42. The van der Waals surface area contributed by atoms with E-state index in [4.69, 9.17) is 16.6 Å². The predicted octanol–water partition coefficient (Wildman–Crippen LogP) is 7.63. The molecule has 2 aromatic carbocycles. The van der Waals surface area contributed by atoms with Crippen molar-refractivity contribution in [2.45, 2.75) is 85.9 Å². The van der Waals surface area contributed by atoms with Gasteiger partial charge in [0.05, 0.1) is 0 Å². The predicted molar refractivity (Wildman–Crippen MR) is 151 cm³/mol. The van der Waals surface area contributed by atoms with E-state index in [1.165, 1.54) is 0 Å². The Bertz CT molecular complexity index is 1170. The summed E-state index contributed by atoms with van der Waals surface area (Å²) in [5.41, 5.74) is 5.50. The van der Waals surface area contributed by atoms with Crippen LogP contribution in [0.25, 0.3) is 0 Å². The van der Waals surface area contributed by atoms with E-state index in [1.807, 2.05) is 30.0 Å². The summed E-state index contributed by atoms with van der Waals surface area (Å²) >= 11 is 6.28. The summed E-state index contributed by atoms with van der Waals surface area (Å²) < 4.78 is 0. The molecule has 1 amide bonds. The van der Waals surface area contributed by atoms with Crippen molar-refractivity contribution in [3.05, 3.63) is 69.7 Å². The third-order valence-electron chi connectivity index (χ3n) is 8.00. The van der Waals surface area contributed by atoms with Gasteiger partial charge in [0, 0.05) is 29.4 Å². The van der Waals surface area contributed by atoms with Gasteiger partial charge in [0.2, 0.25) is 0 Å². The molecule has 0 radical (unpaired) electrons. The number of carbonyl (C=O) groups excluding carboxylic acids is 1. The molecule has 0 aromatic heterocycles. The van der Waals surface area contributed by atoms with Gasteiger partial charge in [-0.15, -0.1) is 0 Å². The van der Waals surface area contributed by atoms with Gasteiger partial charge in [-0.1, -0.05) is 69.6 Å². The number of hydrogen-bond acceptors (Lipinski definition) is 3. The van der Waals surface area contributed by atoms with Gasteiger partial charge in [-0.25, -0.2) is 0 Å². The van der Waals surface area contributed by atoms with Crippen molar-refractivity contribution in [3.8, 4) is 0 Å². The molecule has 0 saturated heterocycles. The second-order valence-electron chi connectivity index (χ2n) is 11.6. The van der Waals surface area contributed by atoms with Crippen LogP contribution in [0.5, 0.6) is 0 Å². The Morgan fingerprint density at radius 1 is 1.14 bits per heavy atom. The minimum absolute atomic E-state index is 0.0238. The normalized spacial score (nSPS) is 22.9. The highest BCUT2D eigenvalue weighted by molar-refractivity contribution is 6.47. The quantitative estimate of drug-likeness (QED) is 0.372. The molecule has 5 heteroatoms. The minimum atomic E-state index is -0.473. The van der Waals surface area contributed by atoms with Crippen LogP contribution in [0.4, 0.5) is 0 Å². The van der Waals surface area contributed by atoms with Gasteiger partial charge >= 0.3 is 0 Å². The monoisotopic (exact) mass is 505 g/mol. The maximum absolute atomic E-state index is 13.9. The molecule has 1 aliphatic heterocycles. The fraction of sp³-hybridized carbons (Fsp3) is 0.516. The average molecular weight is 506 g/mol. The first-order valence-corrected chi connectivity index (χ1v) is 13.7. The Kier molecular flexibility index (Phi) is 7.75. The average Bonchev–Trinajstić information content (AvgIpc) is 3.10. The number of rotatable bonds is 6. The Balaban J connectivity index is 1.64. The van der Waals surface area contributed by atoms with Crippen LogP contribution in [-0.4, -0.2) is 34.4 Å². The van der Waals surface area contributed by atoms with Crippen LogP contribution in [0, 0.1) is 18.3 Å². The standard InChI is InChI=1S/C31H40ClN3O/c1-7-18-33-22(3)24-10-8-23(9-11-24)20-35-29(36)28(25-12-13-27(32)21(2)19-25)34-31(35)16-14-26(15-17-31)30(4,5)6/h8-13,19,26H,7,14-18,20H2,1-6H3. The first kappa shape index (κ1) is 26.6. The molecule has 1 saturated carbocycles. The number of hydrogen-bond donors (Lipinski definition) is 0. The van der Waals surface area contributed by atoms with Crippen molar-refractivity contribution in [1.29, 1.82) is 0 Å². The fourth-order valence-corrected chi connectivity index (χ4v) is 5.68. The SMILES string of the molecule is CCCN=C(C)c1ccc(CN2C(=O)C(c3ccc(Cl)c(C)c3)=NC23CCC(C(C)(C)C)CC3)cc1. The third kappa shape index (κ3) is 5.44. The van der Waals surface area contributed by atoms with E-state index in [-0.39, 0.29) is 11.3 Å². The van der Waals surface area contributed by atoms with Crippen molar-refractivity contribution >= 4 is 28.9 Å². The molecule has 2 aliphatic rings. The van der Waals surface area contributed by atoms with Crippen molar-refractivity contribution in [1.82, 2.24) is 4.90 Å². The minimum Gasteiger partial charge on any atom is -0.308 e. The van der Waals surface area contributed by atoms with Crippen LogP contribution < -0.4 is 0 Å². The Morgan fingerprint density at radius 3 is 2.39 bits per heavy atom. The summed E-state index contributed by atoms with van der Waals surface area (Å²) in [7, 11) is 0. The summed E-state index contributed by atoms with van der Waals surface area (Å²) in [6.45, 7) is 14.6. The molecule has 36 heavy (non-hydrogen) atoms. The summed E-state index contributed by atoms with van der Waals surface area (Å²) in [6.07, 6.45) is 5.00. The van der Waals surface area contributed by atoms with Crippen molar-refractivity contribution in [2.75, 3.05) is 6.54 Å². The molecule has 0 N–H and O–H groups in total. The molecule has 0 atom stereocenters. The van der Waals surface area contributed by atoms with E-state index in [1.54, 1.807) is 0 Å². The van der Waals surface area contributed by atoms with Crippen LogP contribution in [0.15, 0.2) is 52.4 Å². The molecule has 1 heterocycles. The van der Waals surface area contributed by atoms with E-state index >= 15 is 0 Å². The Hall–Kier alpha value is -2.46. The smallest absolute Gasteiger partial charge is 0.274 e. The maximum Gasteiger partial charge on any atom is 0.274 e. The van der Waals surface area contributed by atoms with Gasteiger partial charge in [-0.3, -0.25) is 14.8 Å². The molecule has 2 aromatic rings. The van der Waals surface area contributed by atoms with Crippen LogP contribution in [0.3, 0.4) is 0 Å². The zero-order chi connectivity index (χ0) is 26.1. The first-order chi connectivity index (χ1) is 17.0. The van der Waals surface area contributed by atoms with Gasteiger partial charge < -0.3 is 4.90 Å². The van der Waals surface area contributed by atoms with Gasteiger partial charge in [-0.05, 0) is 86.1 Å². The van der Waals surface area contributed by atoms with Crippen LogP contribution in [0.2, 0.25) is 5.02 Å². The highest BCUT2D eigenvalue weighted by Crippen LogP contribution is 2.47. The van der Waals surface area contributed by atoms with E-state index < -0.39 is 5.66 Å². The zero-order valence-electron chi connectivity index (χ0n) is 22.7. The van der Waals surface area contributed by atoms with Gasteiger partial charge in [0.1, 0.15) is 11.4 Å². The number of amides is 1. The largest absolute Gasteiger partial charge is 0.308 e. The molecule has 0 unspecified atom stereocenters. The molecule has 4 rings (SSSR count). The Morgan fingerprint density at radius 2 is 1.81 bits per heavy atom. The fourth-order valence-electron chi connectivity index (χ4n) is 5.56. The second-order valence-corrected chi connectivity index (χ2v) is 12.0. The van der Waals surface area contributed by atoms with Crippen LogP contribution in [-0.2, 0) is 11.3 Å². The molecular weight excluding hydrogens is 466 g/mol. The van der Waals surface area contributed by atoms with E-state index in [2.05, 4.69) is 63.9 Å². The van der Waals surface area contributed by atoms with E-state index in [0.29, 0.717) is 23.2 Å². The summed E-state index contributed by atoms with van der Waals surface area (Å²) in [6, 6.07) is 14.3. The lowest BCUT2D eigenvalue weighted by atomic mass is 9.69. The molecule has 192 valence electrons. The lowest BCUT2D eigenvalue weighted by Gasteiger charge is -2.44. The van der Waals surface area contributed by atoms with Gasteiger partial charge in [0.15, 0.2) is 0 Å². The van der Waals surface area contributed by atoms with E-state index in [0.717, 1.165) is 66.6 Å². The first-order valence-electron chi connectivity index (χ1n) is 13.3. The van der Waals surface area contributed by atoms with Crippen molar-refractivity contribution in [3.63, 3.8) is 0 Å². The summed E-state index contributed by atoms with van der Waals surface area (Å²) in [5.74, 6) is 0.664. The van der Waals surface area contributed by atoms with E-state index in [9.17, 15) is 4.79 Å². The van der Waals surface area contributed by atoms with Gasteiger partial charge in [0.25, 0.3) is 5.91 Å². The summed E-state index contributed by atoms with van der Waals surface area (Å²) in [4.78, 5) is 25.8. The Labute approximate surface area is 221 Å². The number of aryl methyl sites for hydroxylation is 1. The number of carbonyl (C=O) groups is 1. The molecule has 1 spiro atoms. The number of benzene rings is 2. The topological polar surface area (TPSA) is 45.0 Å². The molecule has 4 nitrogen and oxygen atoms in total. The molecule has 1 fully saturated rings. The number of halogens is 1. The van der Waals surface area contributed by atoms with Gasteiger partial charge in [-0.2, -0.15) is 0 Å². The molecule has 0 bridgehead atoms.